The molecule has 1 N–H and O–H groups in total. The van der Waals surface area contributed by atoms with Gasteiger partial charge in [0.2, 0.25) is 0 Å². The zero-order chi connectivity index (χ0) is 12.1. The third kappa shape index (κ3) is 3.10. The molecule has 1 saturated carbocycles. The summed E-state index contributed by atoms with van der Waals surface area (Å²) in [6.07, 6.45) is 6.98. The van der Waals surface area contributed by atoms with Crippen molar-refractivity contribution in [3.63, 3.8) is 0 Å². The van der Waals surface area contributed by atoms with Gasteiger partial charge in [0.1, 0.15) is 0 Å². The molecule has 1 aliphatic rings. The maximum absolute atomic E-state index is 3.52. The van der Waals surface area contributed by atoms with Gasteiger partial charge in [0.15, 0.2) is 0 Å². The van der Waals surface area contributed by atoms with Crippen LogP contribution in [-0.2, 0) is 0 Å². The van der Waals surface area contributed by atoms with Crippen LogP contribution in [0.25, 0.3) is 0 Å². The molecule has 1 atom stereocenters. The van der Waals surface area contributed by atoms with Gasteiger partial charge in [0.25, 0.3) is 0 Å². The van der Waals surface area contributed by atoms with Crippen LogP contribution < -0.4 is 5.32 Å². The van der Waals surface area contributed by atoms with Crippen LogP contribution >= 0.6 is 0 Å². The predicted octanol–water partition coefficient (Wildman–Crippen LogP) is 4.16. The van der Waals surface area contributed by atoms with Crippen molar-refractivity contribution >= 4 is 0 Å². The number of hydrogen-bond acceptors (Lipinski definition) is 1. The highest BCUT2D eigenvalue weighted by Crippen LogP contribution is 2.37. The van der Waals surface area contributed by atoms with Crippen molar-refractivity contribution in [3.8, 4) is 0 Å². The Bertz CT molecular complexity index is 312. The topological polar surface area (TPSA) is 12.0 Å². The fourth-order valence-electron chi connectivity index (χ4n) is 3.26. The van der Waals surface area contributed by atoms with E-state index in [4.69, 9.17) is 0 Å². The lowest BCUT2D eigenvalue weighted by atomic mass is 9.76. The van der Waals surface area contributed by atoms with E-state index < -0.39 is 0 Å². The van der Waals surface area contributed by atoms with Crippen LogP contribution in [0.15, 0.2) is 30.3 Å². The van der Waals surface area contributed by atoms with E-state index in [9.17, 15) is 0 Å². The van der Waals surface area contributed by atoms with E-state index in [1.807, 2.05) is 0 Å². The number of rotatable bonds is 4. The Morgan fingerprint density at radius 2 is 1.76 bits per heavy atom. The Morgan fingerprint density at radius 3 is 2.29 bits per heavy atom. The van der Waals surface area contributed by atoms with Gasteiger partial charge in [0, 0.05) is 6.04 Å². The first-order valence-corrected chi connectivity index (χ1v) is 7.07. The quantitative estimate of drug-likeness (QED) is 0.820. The van der Waals surface area contributed by atoms with Gasteiger partial charge in [-0.15, -0.1) is 0 Å². The minimum atomic E-state index is 0.550. The minimum absolute atomic E-state index is 0.550. The summed E-state index contributed by atoms with van der Waals surface area (Å²) in [6.45, 7) is 2.33. The largest absolute Gasteiger partial charge is 0.313 e. The van der Waals surface area contributed by atoms with Crippen LogP contribution in [-0.4, -0.2) is 7.05 Å². The molecule has 0 aromatic heterocycles. The molecular formula is C16H25N. The summed E-state index contributed by atoms with van der Waals surface area (Å²) in [5.74, 6) is 1.81. The SMILES string of the molecule is CCC1CCC(C(NC)c2ccccc2)CC1. The number of nitrogens with one attached hydrogen (secondary N) is 1. The number of benzene rings is 1. The fraction of sp³-hybridized carbons (Fsp3) is 0.625. The van der Waals surface area contributed by atoms with Gasteiger partial charge in [0.05, 0.1) is 0 Å². The molecule has 2 rings (SSSR count). The molecule has 0 saturated heterocycles. The molecule has 94 valence electrons. The molecule has 0 bridgehead atoms. The summed E-state index contributed by atoms with van der Waals surface area (Å²) < 4.78 is 0. The Morgan fingerprint density at radius 1 is 1.12 bits per heavy atom. The highest BCUT2D eigenvalue weighted by atomic mass is 14.9. The molecule has 1 fully saturated rings. The summed E-state index contributed by atoms with van der Waals surface area (Å²) in [4.78, 5) is 0. The van der Waals surface area contributed by atoms with Crippen molar-refractivity contribution in [2.75, 3.05) is 7.05 Å². The molecule has 1 aliphatic carbocycles. The van der Waals surface area contributed by atoms with Crippen LogP contribution in [0.5, 0.6) is 0 Å². The maximum atomic E-state index is 3.52. The lowest BCUT2D eigenvalue weighted by Crippen LogP contribution is -2.28. The molecule has 0 aliphatic heterocycles. The van der Waals surface area contributed by atoms with Gasteiger partial charge in [-0.2, -0.15) is 0 Å². The lowest BCUT2D eigenvalue weighted by molar-refractivity contribution is 0.224. The van der Waals surface area contributed by atoms with E-state index in [1.165, 1.54) is 37.7 Å². The highest BCUT2D eigenvalue weighted by molar-refractivity contribution is 5.19. The van der Waals surface area contributed by atoms with E-state index in [1.54, 1.807) is 0 Å². The Balaban J connectivity index is 2.00. The van der Waals surface area contributed by atoms with Gasteiger partial charge in [-0.3, -0.25) is 0 Å². The molecule has 17 heavy (non-hydrogen) atoms. The van der Waals surface area contributed by atoms with Crippen molar-refractivity contribution in [1.82, 2.24) is 5.32 Å². The monoisotopic (exact) mass is 231 g/mol. The van der Waals surface area contributed by atoms with Crippen molar-refractivity contribution < 1.29 is 0 Å². The second-order valence-electron chi connectivity index (χ2n) is 5.37. The maximum Gasteiger partial charge on any atom is 0.0346 e. The Hall–Kier alpha value is -0.820. The Kier molecular flexibility index (Phi) is 4.61. The first kappa shape index (κ1) is 12.6. The molecule has 0 amide bonds. The number of hydrogen-bond donors (Lipinski definition) is 1. The molecule has 0 radical (unpaired) electrons. The third-order valence-corrected chi connectivity index (χ3v) is 4.41. The van der Waals surface area contributed by atoms with Crippen molar-refractivity contribution in [3.05, 3.63) is 35.9 Å². The van der Waals surface area contributed by atoms with Crippen LogP contribution in [0.2, 0.25) is 0 Å². The van der Waals surface area contributed by atoms with Crippen molar-refractivity contribution in [2.45, 2.75) is 45.1 Å². The fourth-order valence-corrected chi connectivity index (χ4v) is 3.26. The predicted molar refractivity (Wildman–Crippen MR) is 74.0 cm³/mol. The zero-order valence-electron chi connectivity index (χ0n) is 11.2. The Labute approximate surface area is 106 Å². The summed E-state index contributed by atoms with van der Waals surface area (Å²) in [6, 6.07) is 11.5. The summed E-state index contributed by atoms with van der Waals surface area (Å²) in [5.41, 5.74) is 1.45. The van der Waals surface area contributed by atoms with Crippen LogP contribution in [0.4, 0.5) is 0 Å². The van der Waals surface area contributed by atoms with E-state index in [-0.39, 0.29) is 0 Å². The molecule has 1 aromatic rings. The van der Waals surface area contributed by atoms with E-state index in [0.29, 0.717) is 6.04 Å². The second-order valence-corrected chi connectivity index (χ2v) is 5.37. The lowest BCUT2D eigenvalue weighted by Gasteiger charge is -2.33. The van der Waals surface area contributed by atoms with Gasteiger partial charge < -0.3 is 5.32 Å². The molecule has 0 heterocycles. The first-order valence-electron chi connectivity index (χ1n) is 7.07. The summed E-state index contributed by atoms with van der Waals surface area (Å²) in [7, 11) is 2.10. The smallest absolute Gasteiger partial charge is 0.0346 e. The van der Waals surface area contributed by atoms with Crippen molar-refractivity contribution in [1.29, 1.82) is 0 Å². The molecule has 0 spiro atoms. The molecule has 1 aromatic carbocycles. The van der Waals surface area contributed by atoms with Crippen LogP contribution in [0, 0.1) is 11.8 Å². The average Bonchev–Trinajstić information content (AvgIpc) is 2.42. The summed E-state index contributed by atoms with van der Waals surface area (Å²) in [5, 5.41) is 3.52. The average molecular weight is 231 g/mol. The minimum Gasteiger partial charge on any atom is -0.313 e. The zero-order valence-corrected chi connectivity index (χ0v) is 11.2. The van der Waals surface area contributed by atoms with Crippen molar-refractivity contribution in [2.24, 2.45) is 11.8 Å². The summed E-state index contributed by atoms with van der Waals surface area (Å²) >= 11 is 0. The van der Waals surface area contributed by atoms with E-state index >= 15 is 0 Å². The van der Waals surface area contributed by atoms with Gasteiger partial charge in [-0.25, -0.2) is 0 Å². The third-order valence-electron chi connectivity index (χ3n) is 4.41. The molecule has 1 unspecified atom stereocenters. The second kappa shape index (κ2) is 6.20. The molecule has 1 heteroatoms. The molecule has 1 nitrogen and oxygen atoms in total. The standard InChI is InChI=1S/C16H25N/c1-3-13-9-11-15(12-10-13)16(17-2)14-7-5-4-6-8-14/h4-8,13,15-17H,3,9-12H2,1-2H3. The van der Waals surface area contributed by atoms with Crippen LogP contribution in [0.3, 0.4) is 0 Å². The van der Waals surface area contributed by atoms with Crippen LogP contribution in [0.1, 0.15) is 50.6 Å². The highest BCUT2D eigenvalue weighted by Gasteiger charge is 2.26. The van der Waals surface area contributed by atoms with E-state index in [0.717, 1.165) is 11.8 Å². The normalized spacial score (nSPS) is 26.7. The van der Waals surface area contributed by atoms with E-state index in [2.05, 4.69) is 49.6 Å². The molecular weight excluding hydrogens is 206 g/mol. The van der Waals surface area contributed by atoms with Gasteiger partial charge >= 0.3 is 0 Å². The first-order chi connectivity index (χ1) is 8.35. The van der Waals surface area contributed by atoms with Gasteiger partial charge in [-0.05, 0) is 37.3 Å². The van der Waals surface area contributed by atoms with Gasteiger partial charge in [-0.1, -0.05) is 56.5 Å².